The van der Waals surface area contributed by atoms with E-state index in [2.05, 4.69) is 15.2 Å². The second-order valence-electron chi connectivity index (χ2n) is 7.30. The van der Waals surface area contributed by atoms with Gasteiger partial charge in [-0.3, -0.25) is 14.9 Å². The predicted octanol–water partition coefficient (Wildman–Crippen LogP) is 2.25. The molecule has 30 heavy (non-hydrogen) atoms. The number of piperidine rings is 1. The number of hydrogen-bond acceptors (Lipinski definition) is 5. The average molecular weight is 531 g/mol. The lowest BCUT2D eigenvalue weighted by Crippen LogP contribution is -2.50. The molecule has 2 aliphatic rings. The summed E-state index contributed by atoms with van der Waals surface area (Å²) in [5.74, 6) is 1.09. The molecule has 0 atom stereocenters. The molecule has 1 aromatic carbocycles. The normalized spacial score (nSPS) is 18.0. The minimum Gasteiger partial charge on any atom is -0.378 e. The number of guanidine groups is 1. The van der Waals surface area contributed by atoms with E-state index in [4.69, 9.17) is 4.74 Å². The molecule has 10 heteroatoms. The Labute approximate surface area is 194 Å². The number of non-ortho nitro benzene ring substituents is 1. The van der Waals surface area contributed by atoms with E-state index in [0.29, 0.717) is 32.8 Å². The third kappa shape index (κ3) is 6.53. The number of carbonyl (C=O) groups is 1. The van der Waals surface area contributed by atoms with Crippen molar-refractivity contribution in [2.45, 2.75) is 26.3 Å². The molecule has 0 unspecified atom stereocenters. The summed E-state index contributed by atoms with van der Waals surface area (Å²) in [5.41, 5.74) is 0.872. The SMILES string of the molecule is CCNC(=NCc1cccc([N+](=O)[O-])c1)N1CCC(C(=O)N2CCOCC2)CC1.I. The van der Waals surface area contributed by atoms with Crippen molar-refractivity contribution >= 4 is 41.5 Å². The molecular formula is C20H30IN5O4. The van der Waals surface area contributed by atoms with E-state index >= 15 is 0 Å². The van der Waals surface area contributed by atoms with Gasteiger partial charge in [-0.1, -0.05) is 12.1 Å². The van der Waals surface area contributed by atoms with Crippen LogP contribution in [0.1, 0.15) is 25.3 Å². The second-order valence-corrected chi connectivity index (χ2v) is 7.30. The number of morpholine rings is 1. The molecule has 3 rings (SSSR count). The summed E-state index contributed by atoms with van der Waals surface area (Å²) < 4.78 is 5.33. The predicted molar refractivity (Wildman–Crippen MR) is 125 cm³/mol. The molecule has 1 aromatic rings. The van der Waals surface area contributed by atoms with Crippen molar-refractivity contribution in [3.8, 4) is 0 Å². The minimum atomic E-state index is -0.394. The third-order valence-electron chi connectivity index (χ3n) is 5.33. The minimum absolute atomic E-state index is 0. The van der Waals surface area contributed by atoms with Crippen molar-refractivity contribution in [3.63, 3.8) is 0 Å². The van der Waals surface area contributed by atoms with Crippen LogP contribution in [0.15, 0.2) is 29.3 Å². The summed E-state index contributed by atoms with van der Waals surface area (Å²) >= 11 is 0. The van der Waals surface area contributed by atoms with E-state index in [1.165, 1.54) is 6.07 Å². The van der Waals surface area contributed by atoms with E-state index in [1.807, 2.05) is 17.9 Å². The molecule has 166 valence electrons. The number of rotatable bonds is 5. The quantitative estimate of drug-likeness (QED) is 0.206. The van der Waals surface area contributed by atoms with Crippen LogP contribution in [0, 0.1) is 16.0 Å². The van der Waals surface area contributed by atoms with E-state index in [-0.39, 0.29) is 41.5 Å². The Morgan fingerprint density at radius 1 is 1.23 bits per heavy atom. The van der Waals surface area contributed by atoms with Gasteiger partial charge in [-0.2, -0.15) is 0 Å². The van der Waals surface area contributed by atoms with Gasteiger partial charge in [0.15, 0.2) is 5.96 Å². The van der Waals surface area contributed by atoms with Gasteiger partial charge in [-0.25, -0.2) is 4.99 Å². The Kier molecular flexibility index (Phi) is 9.76. The number of benzene rings is 1. The highest BCUT2D eigenvalue weighted by Gasteiger charge is 2.30. The first-order valence-electron chi connectivity index (χ1n) is 10.2. The second kappa shape index (κ2) is 12.0. The van der Waals surface area contributed by atoms with Crippen molar-refractivity contribution in [2.75, 3.05) is 45.9 Å². The molecule has 9 nitrogen and oxygen atoms in total. The zero-order valence-electron chi connectivity index (χ0n) is 17.3. The van der Waals surface area contributed by atoms with Crippen LogP contribution in [0.4, 0.5) is 5.69 Å². The number of likely N-dealkylation sites (tertiary alicyclic amines) is 1. The first kappa shape index (κ1) is 24.3. The fourth-order valence-electron chi connectivity index (χ4n) is 3.74. The lowest BCUT2D eigenvalue weighted by atomic mass is 9.95. The first-order chi connectivity index (χ1) is 14.1. The molecule has 0 radical (unpaired) electrons. The number of nitrogens with zero attached hydrogens (tertiary/aromatic N) is 4. The molecule has 1 amide bonds. The number of amides is 1. The van der Waals surface area contributed by atoms with E-state index in [9.17, 15) is 14.9 Å². The maximum Gasteiger partial charge on any atom is 0.269 e. The Hall–Kier alpha value is -1.95. The smallest absolute Gasteiger partial charge is 0.269 e. The van der Waals surface area contributed by atoms with Gasteiger partial charge in [0, 0.05) is 50.8 Å². The first-order valence-corrected chi connectivity index (χ1v) is 10.2. The van der Waals surface area contributed by atoms with Gasteiger partial charge in [0.25, 0.3) is 5.69 Å². The monoisotopic (exact) mass is 531 g/mol. The van der Waals surface area contributed by atoms with Crippen LogP contribution in [0.3, 0.4) is 0 Å². The Balaban J connectivity index is 0.00000320. The average Bonchev–Trinajstić information content (AvgIpc) is 2.77. The Morgan fingerprint density at radius 3 is 2.57 bits per heavy atom. The molecule has 2 fully saturated rings. The molecule has 0 spiro atoms. The Bertz CT molecular complexity index is 746. The van der Waals surface area contributed by atoms with Crippen LogP contribution in [0.2, 0.25) is 0 Å². The number of aliphatic imine (C=N–C) groups is 1. The van der Waals surface area contributed by atoms with Crippen molar-refractivity contribution < 1.29 is 14.5 Å². The number of carbonyl (C=O) groups excluding carboxylic acids is 1. The van der Waals surface area contributed by atoms with E-state index in [0.717, 1.165) is 44.0 Å². The summed E-state index contributed by atoms with van der Waals surface area (Å²) in [6.07, 6.45) is 1.61. The van der Waals surface area contributed by atoms with Gasteiger partial charge < -0.3 is 19.9 Å². The summed E-state index contributed by atoms with van der Waals surface area (Å²) in [6, 6.07) is 6.56. The molecule has 0 aromatic heterocycles. The fraction of sp³-hybridized carbons (Fsp3) is 0.600. The third-order valence-corrected chi connectivity index (χ3v) is 5.33. The molecule has 2 aliphatic heterocycles. The number of hydrogen-bond donors (Lipinski definition) is 1. The standard InChI is InChI=1S/C20H29N5O4.HI/c1-2-21-20(22-15-16-4-3-5-18(14-16)25(27)28)24-8-6-17(7-9-24)19(26)23-10-12-29-13-11-23;/h3-5,14,17H,2,6-13,15H2,1H3,(H,21,22);1H. The van der Waals surface area contributed by atoms with Crippen LogP contribution in [0.25, 0.3) is 0 Å². The highest BCUT2D eigenvalue weighted by molar-refractivity contribution is 14.0. The van der Waals surface area contributed by atoms with Crippen LogP contribution < -0.4 is 5.32 Å². The maximum absolute atomic E-state index is 12.7. The lowest BCUT2D eigenvalue weighted by molar-refractivity contribution is -0.384. The van der Waals surface area contributed by atoms with Crippen molar-refractivity contribution in [2.24, 2.45) is 10.9 Å². The Morgan fingerprint density at radius 2 is 1.93 bits per heavy atom. The molecular weight excluding hydrogens is 501 g/mol. The molecule has 1 N–H and O–H groups in total. The lowest BCUT2D eigenvalue weighted by Gasteiger charge is -2.36. The van der Waals surface area contributed by atoms with Crippen LogP contribution in [-0.4, -0.2) is 72.5 Å². The molecule has 0 aliphatic carbocycles. The summed E-state index contributed by atoms with van der Waals surface area (Å²) in [4.78, 5) is 32.0. The summed E-state index contributed by atoms with van der Waals surface area (Å²) in [7, 11) is 0. The van der Waals surface area contributed by atoms with Gasteiger partial charge >= 0.3 is 0 Å². The zero-order valence-corrected chi connectivity index (χ0v) is 19.6. The van der Waals surface area contributed by atoms with Gasteiger partial charge in [0.1, 0.15) is 0 Å². The number of nitro benzene ring substituents is 1. The van der Waals surface area contributed by atoms with Crippen LogP contribution >= 0.6 is 24.0 Å². The van der Waals surface area contributed by atoms with Crippen molar-refractivity contribution in [3.05, 3.63) is 39.9 Å². The zero-order chi connectivity index (χ0) is 20.6. The highest BCUT2D eigenvalue weighted by atomic mass is 127. The summed E-state index contributed by atoms with van der Waals surface area (Å²) in [6.45, 7) is 7.27. The molecule has 0 bridgehead atoms. The topological polar surface area (TPSA) is 100 Å². The van der Waals surface area contributed by atoms with Gasteiger partial charge in [-0.05, 0) is 25.3 Å². The van der Waals surface area contributed by atoms with E-state index in [1.54, 1.807) is 12.1 Å². The van der Waals surface area contributed by atoms with Crippen molar-refractivity contribution in [1.82, 2.24) is 15.1 Å². The number of halogens is 1. The largest absolute Gasteiger partial charge is 0.378 e. The summed E-state index contributed by atoms with van der Waals surface area (Å²) in [5, 5.41) is 14.3. The van der Waals surface area contributed by atoms with Gasteiger partial charge in [-0.15, -0.1) is 24.0 Å². The number of ether oxygens (including phenoxy) is 1. The molecule has 2 saturated heterocycles. The number of nitro groups is 1. The van der Waals surface area contributed by atoms with Crippen LogP contribution in [-0.2, 0) is 16.1 Å². The number of nitrogens with one attached hydrogen (secondary N) is 1. The van der Waals surface area contributed by atoms with Crippen molar-refractivity contribution in [1.29, 1.82) is 0 Å². The van der Waals surface area contributed by atoms with Crippen LogP contribution in [0.5, 0.6) is 0 Å². The van der Waals surface area contributed by atoms with Gasteiger partial charge in [0.05, 0.1) is 24.7 Å². The molecule has 0 saturated carbocycles. The fourth-order valence-corrected chi connectivity index (χ4v) is 3.74. The van der Waals surface area contributed by atoms with Gasteiger partial charge in [0.2, 0.25) is 5.91 Å². The highest BCUT2D eigenvalue weighted by Crippen LogP contribution is 2.21. The van der Waals surface area contributed by atoms with E-state index < -0.39 is 4.92 Å². The maximum atomic E-state index is 12.7. The molecule has 2 heterocycles.